The fourth-order valence-corrected chi connectivity index (χ4v) is 3.21. The lowest BCUT2D eigenvalue weighted by Gasteiger charge is -2.09. The molecule has 0 saturated carbocycles. The number of fused-ring (bicyclic) bond motifs is 1. The molecule has 0 aliphatic carbocycles. The highest BCUT2D eigenvalue weighted by Gasteiger charge is 2.26. The standard InChI is InChI=1S/C17H13F2N3O4S/c1-22-16(24)13-5-3-2-4-12(13)14(21-22)15(23)20-10-6-8-11(9-7-10)27(25,26)17(18)19/h2-9,17H,1H3,(H,20,23). The van der Waals surface area contributed by atoms with Crippen LogP contribution in [0.5, 0.6) is 0 Å². The quantitative estimate of drug-likeness (QED) is 0.733. The molecule has 0 bridgehead atoms. The molecular formula is C17H13F2N3O4S. The topological polar surface area (TPSA) is 98.1 Å². The van der Waals surface area contributed by atoms with Gasteiger partial charge in [-0.25, -0.2) is 13.1 Å². The van der Waals surface area contributed by atoms with Gasteiger partial charge < -0.3 is 5.32 Å². The highest BCUT2D eigenvalue weighted by Crippen LogP contribution is 2.21. The van der Waals surface area contributed by atoms with Crippen molar-refractivity contribution in [2.75, 3.05) is 5.32 Å². The van der Waals surface area contributed by atoms with Gasteiger partial charge in [0.25, 0.3) is 11.5 Å². The van der Waals surface area contributed by atoms with Crippen LogP contribution in [0.1, 0.15) is 10.5 Å². The highest BCUT2D eigenvalue weighted by molar-refractivity contribution is 7.91. The molecule has 1 amide bonds. The molecule has 1 aromatic heterocycles. The summed E-state index contributed by atoms with van der Waals surface area (Å²) in [6.07, 6.45) is 0. The molecular weight excluding hydrogens is 380 g/mol. The van der Waals surface area contributed by atoms with Gasteiger partial charge in [-0.05, 0) is 30.3 Å². The summed E-state index contributed by atoms with van der Waals surface area (Å²) in [5, 5.41) is 7.15. The van der Waals surface area contributed by atoms with E-state index in [9.17, 15) is 26.8 Å². The first kappa shape index (κ1) is 18.6. The van der Waals surface area contributed by atoms with Crippen LogP contribution in [0.15, 0.2) is 58.2 Å². The molecule has 27 heavy (non-hydrogen) atoms. The van der Waals surface area contributed by atoms with Gasteiger partial charge in [0.15, 0.2) is 5.69 Å². The number of nitrogens with zero attached hydrogens (tertiary/aromatic N) is 2. The lowest BCUT2D eigenvalue weighted by Crippen LogP contribution is -2.25. The number of alkyl halides is 2. The zero-order valence-corrected chi connectivity index (χ0v) is 14.7. The van der Waals surface area contributed by atoms with Gasteiger partial charge in [0.1, 0.15) is 0 Å². The van der Waals surface area contributed by atoms with Crippen molar-refractivity contribution in [3.8, 4) is 0 Å². The van der Waals surface area contributed by atoms with E-state index in [1.807, 2.05) is 0 Å². The number of carbonyl (C=O) groups excluding carboxylic acids is 1. The van der Waals surface area contributed by atoms with Crippen LogP contribution in [0.25, 0.3) is 10.8 Å². The third-order valence-corrected chi connectivity index (χ3v) is 5.25. The number of sulfone groups is 1. The van der Waals surface area contributed by atoms with E-state index in [0.717, 1.165) is 16.8 Å². The van der Waals surface area contributed by atoms with Gasteiger partial charge in [-0.15, -0.1) is 0 Å². The van der Waals surface area contributed by atoms with E-state index in [2.05, 4.69) is 10.4 Å². The summed E-state index contributed by atoms with van der Waals surface area (Å²) in [5.74, 6) is -4.16. The Morgan fingerprint density at radius 3 is 2.26 bits per heavy atom. The number of rotatable bonds is 4. The first-order valence-corrected chi connectivity index (χ1v) is 9.16. The van der Waals surface area contributed by atoms with E-state index in [4.69, 9.17) is 0 Å². The largest absolute Gasteiger partial charge is 0.341 e. The first-order chi connectivity index (χ1) is 12.7. The number of benzene rings is 2. The van der Waals surface area contributed by atoms with Crippen LogP contribution in [-0.4, -0.2) is 29.9 Å². The van der Waals surface area contributed by atoms with Crippen LogP contribution >= 0.6 is 0 Å². The number of aryl methyl sites for hydroxylation is 1. The van der Waals surface area contributed by atoms with Gasteiger partial charge in [-0.1, -0.05) is 18.2 Å². The molecule has 10 heteroatoms. The normalized spacial score (nSPS) is 11.7. The Morgan fingerprint density at radius 2 is 1.67 bits per heavy atom. The van der Waals surface area contributed by atoms with Crippen molar-refractivity contribution in [3.63, 3.8) is 0 Å². The highest BCUT2D eigenvalue weighted by atomic mass is 32.2. The van der Waals surface area contributed by atoms with Crippen molar-refractivity contribution in [1.29, 1.82) is 0 Å². The number of carbonyl (C=O) groups is 1. The first-order valence-electron chi connectivity index (χ1n) is 7.61. The molecule has 0 unspecified atom stereocenters. The molecule has 2 aromatic carbocycles. The van der Waals surface area contributed by atoms with Crippen molar-refractivity contribution in [1.82, 2.24) is 9.78 Å². The van der Waals surface area contributed by atoms with Gasteiger partial charge in [0, 0.05) is 18.1 Å². The second kappa shape index (κ2) is 6.88. The predicted molar refractivity (Wildman–Crippen MR) is 94.6 cm³/mol. The summed E-state index contributed by atoms with van der Waals surface area (Å²) < 4.78 is 49.0. The third kappa shape index (κ3) is 3.43. The molecule has 1 N–H and O–H groups in total. The van der Waals surface area contributed by atoms with Crippen LogP contribution in [0.3, 0.4) is 0 Å². The Bertz CT molecular complexity index is 1190. The summed E-state index contributed by atoms with van der Waals surface area (Å²) in [6.45, 7) is 0. The Kier molecular flexibility index (Phi) is 4.75. The van der Waals surface area contributed by atoms with Crippen LogP contribution in [0.2, 0.25) is 0 Å². The second-order valence-corrected chi connectivity index (χ2v) is 7.52. The molecule has 0 atom stereocenters. The van der Waals surface area contributed by atoms with Gasteiger partial charge in [0.05, 0.1) is 10.3 Å². The van der Waals surface area contributed by atoms with Crippen molar-refractivity contribution >= 4 is 32.2 Å². The maximum Gasteiger partial charge on any atom is 0.341 e. The van der Waals surface area contributed by atoms with Gasteiger partial charge in [0.2, 0.25) is 9.84 Å². The van der Waals surface area contributed by atoms with Gasteiger partial charge >= 0.3 is 5.76 Å². The number of hydrogen-bond donors (Lipinski definition) is 1. The van der Waals surface area contributed by atoms with Crippen LogP contribution in [-0.2, 0) is 16.9 Å². The SMILES string of the molecule is Cn1nc(C(=O)Nc2ccc(S(=O)(=O)C(F)F)cc2)c2ccccc2c1=O. The van der Waals surface area contributed by atoms with Gasteiger partial charge in [-0.2, -0.15) is 13.9 Å². The van der Waals surface area contributed by atoms with Crippen molar-refractivity contribution in [2.24, 2.45) is 7.05 Å². The van der Waals surface area contributed by atoms with Gasteiger partial charge in [-0.3, -0.25) is 9.59 Å². The minimum Gasteiger partial charge on any atom is -0.321 e. The maximum atomic E-state index is 12.6. The van der Waals surface area contributed by atoms with E-state index in [-0.39, 0.29) is 16.9 Å². The lowest BCUT2D eigenvalue weighted by molar-refractivity contribution is 0.102. The minimum absolute atomic E-state index is 0.00280. The number of aromatic nitrogens is 2. The molecule has 0 spiro atoms. The lowest BCUT2D eigenvalue weighted by atomic mass is 10.1. The average molecular weight is 393 g/mol. The van der Waals surface area contributed by atoms with Crippen LogP contribution < -0.4 is 10.9 Å². The number of hydrogen-bond acceptors (Lipinski definition) is 5. The van der Waals surface area contributed by atoms with E-state index in [1.165, 1.54) is 19.2 Å². The summed E-state index contributed by atoms with van der Waals surface area (Å²) in [7, 11) is -3.30. The molecule has 3 aromatic rings. The third-order valence-electron chi connectivity index (χ3n) is 3.85. The molecule has 1 heterocycles. The maximum absolute atomic E-state index is 12.6. The second-order valence-electron chi connectivity index (χ2n) is 5.61. The Balaban J connectivity index is 1.94. The van der Waals surface area contributed by atoms with E-state index >= 15 is 0 Å². The average Bonchev–Trinajstić information content (AvgIpc) is 2.65. The molecule has 0 saturated heterocycles. The molecule has 3 rings (SSSR count). The van der Waals surface area contributed by atoms with Crippen LogP contribution in [0, 0.1) is 0 Å². The summed E-state index contributed by atoms with van der Waals surface area (Å²) >= 11 is 0. The summed E-state index contributed by atoms with van der Waals surface area (Å²) in [4.78, 5) is 24.1. The predicted octanol–water partition coefficient (Wildman–Crippen LogP) is 2.18. The zero-order valence-electron chi connectivity index (χ0n) is 13.9. The summed E-state index contributed by atoms with van der Waals surface area (Å²) in [6, 6.07) is 10.8. The van der Waals surface area contributed by atoms with E-state index in [0.29, 0.717) is 10.8 Å². The molecule has 140 valence electrons. The van der Waals surface area contributed by atoms with Crippen molar-refractivity contribution in [2.45, 2.75) is 10.7 Å². The van der Waals surface area contributed by atoms with Crippen LogP contribution in [0.4, 0.5) is 14.5 Å². The van der Waals surface area contributed by atoms with E-state index in [1.54, 1.807) is 24.3 Å². The Morgan fingerprint density at radius 1 is 1.07 bits per heavy atom. The number of nitrogens with one attached hydrogen (secondary N) is 1. The minimum atomic E-state index is -4.71. The molecule has 0 radical (unpaired) electrons. The number of amides is 1. The fraction of sp³-hybridized carbons (Fsp3) is 0.118. The van der Waals surface area contributed by atoms with Crippen molar-refractivity contribution in [3.05, 3.63) is 64.6 Å². The van der Waals surface area contributed by atoms with E-state index < -0.39 is 26.4 Å². The molecule has 0 aliphatic heterocycles. The fourth-order valence-electron chi connectivity index (χ4n) is 2.49. The number of halogens is 2. The summed E-state index contributed by atoms with van der Waals surface area (Å²) in [5.41, 5.74) is -0.173. The molecule has 7 nitrogen and oxygen atoms in total. The Hall–Kier alpha value is -3.14. The zero-order chi connectivity index (χ0) is 19.8. The smallest absolute Gasteiger partial charge is 0.321 e. The van der Waals surface area contributed by atoms with Crippen molar-refractivity contribution < 1.29 is 22.0 Å². The number of anilines is 1. The molecule has 0 fully saturated rings. The molecule has 0 aliphatic rings. The Labute approximate surface area is 152 Å². The monoisotopic (exact) mass is 393 g/mol.